The minimum absolute atomic E-state index is 0.0881. The van der Waals surface area contributed by atoms with Crippen molar-refractivity contribution >= 4 is 39.3 Å². The Labute approximate surface area is 202 Å². The lowest BCUT2D eigenvalue weighted by Crippen LogP contribution is -2.56. The molecule has 0 aromatic heterocycles. The van der Waals surface area contributed by atoms with Crippen LogP contribution in [0.15, 0.2) is 30.3 Å². The van der Waals surface area contributed by atoms with Gasteiger partial charge in [-0.05, 0) is 51.7 Å². The largest absolute Gasteiger partial charge is 0.396 e. The third-order valence-electron chi connectivity index (χ3n) is 6.87. The molecule has 3 heterocycles. The van der Waals surface area contributed by atoms with E-state index in [0.717, 1.165) is 6.42 Å². The fourth-order valence-electron chi connectivity index (χ4n) is 5.65. The highest BCUT2D eigenvalue weighted by molar-refractivity contribution is 9.09. The monoisotopic (exact) mass is 521 g/mol. The molecule has 3 unspecified atom stereocenters. The van der Waals surface area contributed by atoms with Crippen molar-refractivity contribution < 1.29 is 24.2 Å². The van der Waals surface area contributed by atoms with Gasteiger partial charge in [0.25, 0.3) is 0 Å². The van der Waals surface area contributed by atoms with Crippen LogP contribution in [0, 0.1) is 11.8 Å². The van der Waals surface area contributed by atoms with Crippen LogP contribution in [-0.4, -0.2) is 69.5 Å². The van der Waals surface area contributed by atoms with E-state index >= 15 is 0 Å². The zero-order chi connectivity index (χ0) is 23.8. The molecule has 1 aromatic carbocycles. The summed E-state index contributed by atoms with van der Waals surface area (Å²) < 4.78 is 6.44. The highest BCUT2D eigenvalue weighted by Gasteiger charge is 2.76. The van der Waals surface area contributed by atoms with Gasteiger partial charge in [0.2, 0.25) is 17.7 Å². The molecule has 180 valence electrons. The van der Waals surface area contributed by atoms with Gasteiger partial charge in [-0.25, -0.2) is 0 Å². The molecule has 1 spiro atoms. The molecule has 6 atom stereocenters. The van der Waals surface area contributed by atoms with E-state index in [2.05, 4.69) is 26.6 Å². The molecular weight excluding hydrogens is 490 g/mol. The van der Waals surface area contributed by atoms with Crippen LogP contribution in [0.1, 0.15) is 39.5 Å². The number of alkyl halides is 1. The van der Waals surface area contributed by atoms with Gasteiger partial charge in [-0.3, -0.25) is 14.4 Å². The fourth-order valence-corrected chi connectivity index (χ4v) is 6.59. The number of halogens is 1. The summed E-state index contributed by atoms with van der Waals surface area (Å²) >= 11 is 3.67. The molecular formula is C24H32BrN3O5. The number of aliphatic hydroxyl groups excluding tert-OH is 1. The van der Waals surface area contributed by atoms with Gasteiger partial charge in [0.1, 0.15) is 11.6 Å². The second kappa shape index (κ2) is 9.72. The van der Waals surface area contributed by atoms with Crippen LogP contribution >= 0.6 is 15.9 Å². The summed E-state index contributed by atoms with van der Waals surface area (Å²) in [5, 5.41) is 15.0. The predicted molar refractivity (Wildman–Crippen MR) is 127 cm³/mol. The van der Waals surface area contributed by atoms with Gasteiger partial charge in [0.05, 0.1) is 17.9 Å². The van der Waals surface area contributed by atoms with Gasteiger partial charge in [-0.2, -0.15) is 0 Å². The number of unbranched alkanes of at least 4 members (excludes halogenated alkanes) is 2. The van der Waals surface area contributed by atoms with E-state index in [1.54, 1.807) is 17.0 Å². The number of nitrogens with zero attached hydrogens (tertiary/aromatic N) is 1. The van der Waals surface area contributed by atoms with Crippen LogP contribution in [0.4, 0.5) is 5.69 Å². The Balaban J connectivity index is 1.65. The zero-order valence-corrected chi connectivity index (χ0v) is 20.6. The minimum atomic E-state index is -1.04. The molecule has 33 heavy (non-hydrogen) atoms. The van der Waals surface area contributed by atoms with Crippen LogP contribution in [0.25, 0.3) is 0 Å². The molecule has 3 amide bonds. The van der Waals surface area contributed by atoms with Gasteiger partial charge in [-0.15, -0.1) is 0 Å². The number of para-hydroxylation sites is 1. The van der Waals surface area contributed by atoms with E-state index in [0.29, 0.717) is 31.5 Å². The number of likely N-dealkylation sites (tertiary alicyclic amines) is 1. The number of rotatable bonds is 9. The molecule has 4 rings (SSSR count). The van der Waals surface area contributed by atoms with Crippen LogP contribution < -0.4 is 10.6 Å². The first-order valence-electron chi connectivity index (χ1n) is 11.7. The second-order valence-electron chi connectivity index (χ2n) is 9.50. The van der Waals surface area contributed by atoms with Crippen molar-refractivity contribution in [3.63, 3.8) is 0 Å². The number of fused-ring (bicyclic) bond motifs is 1. The number of amides is 3. The van der Waals surface area contributed by atoms with Crippen LogP contribution in [0.2, 0.25) is 0 Å². The molecule has 9 heteroatoms. The van der Waals surface area contributed by atoms with Gasteiger partial charge in [0, 0.05) is 29.7 Å². The molecule has 8 nitrogen and oxygen atoms in total. The van der Waals surface area contributed by atoms with Gasteiger partial charge >= 0.3 is 0 Å². The Morgan fingerprint density at radius 3 is 2.61 bits per heavy atom. The van der Waals surface area contributed by atoms with E-state index in [9.17, 15) is 14.4 Å². The van der Waals surface area contributed by atoms with Crippen molar-refractivity contribution in [2.75, 3.05) is 18.5 Å². The molecule has 1 aromatic rings. The topological polar surface area (TPSA) is 108 Å². The summed E-state index contributed by atoms with van der Waals surface area (Å²) in [4.78, 5) is 42.0. The van der Waals surface area contributed by atoms with Crippen molar-refractivity contribution in [3.05, 3.63) is 30.3 Å². The van der Waals surface area contributed by atoms with E-state index in [1.807, 2.05) is 32.0 Å². The van der Waals surface area contributed by atoms with Gasteiger partial charge in [0.15, 0.2) is 0 Å². The predicted octanol–water partition coefficient (Wildman–Crippen LogP) is 2.06. The van der Waals surface area contributed by atoms with Gasteiger partial charge in [-0.1, -0.05) is 34.1 Å². The lowest BCUT2D eigenvalue weighted by atomic mass is 9.70. The summed E-state index contributed by atoms with van der Waals surface area (Å²) in [7, 11) is 0. The average Bonchev–Trinajstić information content (AvgIpc) is 3.35. The van der Waals surface area contributed by atoms with Crippen LogP contribution in [0.5, 0.6) is 0 Å². The summed E-state index contributed by atoms with van der Waals surface area (Å²) in [6.45, 7) is 4.24. The molecule has 3 aliphatic heterocycles. The number of aliphatic hydroxyl groups is 1. The van der Waals surface area contributed by atoms with E-state index < -0.39 is 29.6 Å². The van der Waals surface area contributed by atoms with Crippen molar-refractivity contribution in [2.24, 2.45) is 11.8 Å². The quantitative estimate of drug-likeness (QED) is 0.340. The lowest BCUT2D eigenvalue weighted by Gasteiger charge is -2.34. The summed E-state index contributed by atoms with van der Waals surface area (Å²) in [6, 6.07) is 8.27. The molecule has 3 N–H and O–H groups in total. The first-order chi connectivity index (χ1) is 15.8. The number of anilines is 1. The Hall–Kier alpha value is -1.97. The van der Waals surface area contributed by atoms with Crippen molar-refractivity contribution in [1.29, 1.82) is 0 Å². The van der Waals surface area contributed by atoms with E-state index in [1.165, 1.54) is 0 Å². The average molecular weight is 522 g/mol. The first kappa shape index (κ1) is 24.2. The molecule has 0 radical (unpaired) electrons. The standard InChI is InChI=1S/C24H32BrN3O5/c1-14(2)26-22(31)20-24-13-16(25)19(33-24)17(21(30)27-15-9-5-3-6-10-15)18(24)23(32)28(20)11-7-4-8-12-29/h3,5-6,9-10,14,16-20,29H,4,7-8,11-13H2,1-2H3,(H,26,31)(H,27,30)/t16?,17-,18-,19-,20?,24?/m0/s1. The van der Waals surface area contributed by atoms with E-state index in [4.69, 9.17) is 9.84 Å². The molecule has 0 saturated carbocycles. The number of carbonyl (C=O) groups is 3. The number of nitrogens with one attached hydrogen (secondary N) is 2. The Bertz CT molecular complexity index is 897. The third kappa shape index (κ3) is 4.31. The van der Waals surface area contributed by atoms with Crippen molar-refractivity contribution in [1.82, 2.24) is 10.2 Å². The number of carbonyl (C=O) groups excluding carboxylic acids is 3. The molecule has 0 aliphatic carbocycles. The smallest absolute Gasteiger partial charge is 0.246 e. The van der Waals surface area contributed by atoms with Crippen LogP contribution in [0.3, 0.4) is 0 Å². The SMILES string of the molecule is CC(C)NC(=O)C1N(CCCCCO)C(=O)[C@@H]2[C@H](C(=O)Nc3ccccc3)[C@H]3OC12CC3Br. The number of hydrogen-bond donors (Lipinski definition) is 3. The van der Waals surface area contributed by atoms with Crippen molar-refractivity contribution in [3.8, 4) is 0 Å². The van der Waals surface area contributed by atoms with E-state index in [-0.39, 0.29) is 35.2 Å². The lowest BCUT2D eigenvalue weighted by molar-refractivity contribution is -0.141. The summed E-state index contributed by atoms with van der Waals surface area (Å²) in [5.41, 5.74) is -0.379. The Morgan fingerprint density at radius 1 is 1.21 bits per heavy atom. The van der Waals surface area contributed by atoms with Gasteiger partial charge < -0.3 is 25.4 Å². The second-order valence-corrected chi connectivity index (χ2v) is 10.7. The molecule has 3 saturated heterocycles. The number of hydrogen-bond acceptors (Lipinski definition) is 5. The third-order valence-corrected chi connectivity index (χ3v) is 7.71. The van der Waals surface area contributed by atoms with Crippen LogP contribution in [-0.2, 0) is 19.1 Å². The highest BCUT2D eigenvalue weighted by Crippen LogP contribution is 2.60. The first-order valence-corrected chi connectivity index (χ1v) is 12.6. The number of ether oxygens (including phenoxy) is 1. The summed E-state index contributed by atoms with van der Waals surface area (Å²) in [5.74, 6) is -2.10. The molecule has 3 fully saturated rings. The maximum atomic E-state index is 13.7. The Morgan fingerprint density at radius 2 is 1.94 bits per heavy atom. The number of benzene rings is 1. The Kier molecular flexibility index (Phi) is 7.12. The minimum Gasteiger partial charge on any atom is -0.396 e. The fraction of sp³-hybridized carbons (Fsp3) is 0.625. The molecule has 3 aliphatic rings. The maximum absolute atomic E-state index is 13.7. The van der Waals surface area contributed by atoms with Crippen molar-refractivity contribution in [2.45, 2.75) is 68.1 Å². The maximum Gasteiger partial charge on any atom is 0.246 e. The molecule has 2 bridgehead atoms. The highest BCUT2D eigenvalue weighted by atomic mass is 79.9. The normalized spacial score (nSPS) is 32.3. The zero-order valence-electron chi connectivity index (χ0n) is 19.0. The summed E-state index contributed by atoms with van der Waals surface area (Å²) in [6.07, 6.45) is 2.08.